The van der Waals surface area contributed by atoms with E-state index in [1.54, 1.807) is 31.4 Å². The number of benzene rings is 2. The number of carbonyl (C=O) groups is 2. The fraction of sp³-hybridized carbons (Fsp3) is 0.238. The summed E-state index contributed by atoms with van der Waals surface area (Å²) in [7, 11) is 1.59. The summed E-state index contributed by atoms with van der Waals surface area (Å²) in [5.74, 6) is 6.76. The van der Waals surface area contributed by atoms with E-state index < -0.39 is 0 Å². The predicted molar refractivity (Wildman–Crippen MR) is 104 cm³/mol. The largest absolute Gasteiger partial charge is 0.497 e. The summed E-state index contributed by atoms with van der Waals surface area (Å²) in [5.41, 5.74) is 1.54. The Morgan fingerprint density at radius 1 is 1.04 bits per heavy atom. The highest BCUT2D eigenvalue weighted by atomic mass is 16.5. The lowest BCUT2D eigenvalue weighted by Gasteiger charge is -2.05. The zero-order valence-corrected chi connectivity index (χ0v) is 15.4. The summed E-state index contributed by atoms with van der Waals surface area (Å²) in [4.78, 5) is 23.0. The van der Waals surface area contributed by atoms with Crippen LogP contribution < -0.4 is 20.1 Å². The summed E-state index contributed by atoms with van der Waals surface area (Å²) in [5, 5.41) is 5.43. The minimum Gasteiger partial charge on any atom is -0.497 e. The molecule has 0 saturated carbocycles. The third kappa shape index (κ3) is 7.53. The summed E-state index contributed by atoms with van der Waals surface area (Å²) < 4.78 is 10.6. The average molecular weight is 366 g/mol. The first-order valence-electron chi connectivity index (χ1n) is 8.42. The van der Waals surface area contributed by atoms with Crippen molar-refractivity contribution in [3.05, 3.63) is 54.1 Å². The Balaban J connectivity index is 1.71. The van der Waals surface area contributed by atoms with Crippen molar-refractivity contribution in [2.24, 2.45) is 0 Å². The van der Waals surface area contributed by atoms with Crippen LogP contribution in [0.4, 0.5) is 5.69 Å². The summed E-state index contributed by atoms with van der Waals surface area (Å²) in [6.45, 7) is 1.88. The topological polar surface area (TPSA) is 76.7 Å². The summed E-state index contributed by atoms with van der Waals surface area (Å²) >= 11 is 0. The van der Waals surface area contributed by atoms with E-state index in [9.17, 15) is 9.59 Å². The quantitative estimate of drug-likeness (QED) is 0.738. The van der Waals surface area contributed by atoms with Gasteiger partial charge in [0.1, 0.15) is 18.1 Å². The van der Waals surface area contributed by atoms with E-state index in [1.165, 1.54) is 6.92 Å². The molecule has 6 heteroatoms. The molecule has 0 spiro atoms. The molecule has 0 aromatic heterocycles. The number of anilines is 1. The van der Waals surface area contributed by atoms with Crippen LogP contribution in [-0.4, -0.2) is 32.1 Å². The van der Waals surface area contributed by atoms with Gasteiger partial charge < -0.3 is 20.1 Å². The fourth-order valence-corrected chi connectivity index (χ4v) is 2.27. The lowest BCUT2D eigenvalue weighted by Crippen LogP contribution is -2.25. The van der Waals surface area contributed by atoms with Crippen LogP contribution in [0.3, 0.4) is 0 Å². The molecule has 6 nitrogen and oxygen atoms in total. The van der Waals surface area contributed by atoms with Gasteiger partial charge in [-0.25, -0.2) is 0 Å². The highest BCUT2D eigenvalue weighted by molar-refractivity contribution is 5.88. The molecule has 140 valence electrons. The molecule has 0 aliphatic rings. The van der Waals surface area contributed by atoms with Gasteiger partial charge in [0.15, 0.2) is 0 Å². The van der Waals surface area contributed by atoms with Crippen molar-refractivity contribution in [2.75, 3.05) is 25.6 Å². The van der Waals surface area contributed by atoms with E-state index >= 15 is 0 Å². The average Bonchev–Trinajstić information content (AvgIpc) is 2.64. The van der Waals surface area contributed by atoms with Crippen LogP contribution in [0, 0.1) is 11.8 Å². The first kappa shape index (κ1) is 19.9. The Kier molecular flexibility index (Phi) is 7.73. The van der Waals surface area contributed by atoms with Crippen molar-refractivity contribution < 1.29 is 19.1 Å². The molecule has 0 fully saturated rings. The molecule has 2 rings (SSSR count). The second-order valence-corrected chi connectivity index (χ2v) is 5.66. The number of hydrogen-bond acceptors (Lipinski definition) is 4. The Labute approximate surface area is 158 Å². The Bertz CT molecular complexity index is 853. The van der Waals surface area contributed by atoms with Gasteiger partial charge in [0.2, 0.25) is 11.8 Å². The smallest absolute Gasteiger partial charge is 0.225 e. The van der Waals surface area contributed by atoms with E-state index in [1.807, 2.05) is 24.3 Å². The monoisotopic (exact) mass is 366 g/mol. The molecule has 2 amide bonds. The number of carbonyl (C=O) groups excluding carboxylic acids is 2. The van der Waals surface area contributed by atoms with E-state index in [0.717, 1.165) is 11.3 Å². The molecule has 2 aromatic rings. The maximum Gasteiger partial charge on any atom is 0.225 e. The summed E-state index contributed by atoms with van der Waals surface area (Å²) in [6, 6.07) is 14.4. The van der Waals surface area contributed by atoms with Gasteiger partial charge in [-0.05, 0) is 29.8 Å². The van der Waals surface area contributed by atoms with Crippen LogP contribution >= 0.6 is 0 Å². The summed E-state index contributed by atoms with van der Waals surface area (Å²) in [6.07, 6.45) is 0.269. The zero-order valence-electron chi connectivity index (χ0n) is 15.4. The van der Waals surface area contributed by atoms with Gasteiger partial charge in [-0.15, -0.1) is 0 Å². The SMILES string of the molecule is COc1cccc(CC(=O)NCC#CCOc2cccc(NC(C)=O)c2)c1. The minimum atomic E-state index is -0.142. The third-order valence-electron chi connectivity index (χ3n) is 3.46. The molecule has 0 aliphatic carbocycles. The lowest BCUT2D eigenvalue weighted by atomic mass is 10.1. The fourth-order valence-electron chi connectivity index (χ4n) is 2.27. The van der Waals surface area contributed by atoms with Crippen molar-refractivity contribution in [1.82, 2.24) is 5.32 Å². The van der Waals surface area contributed by atoms with Crippen LogP contribution in [0.2, 0.25) is 0 Å². The molecular weight excluding hydrogens is 344 g/mol. The molecule has 27 heavy (non-hydrogen) atoms. The van der Waals surface area contributed by atoms with E-state index in [4.69, 9.17) is 9.47 Å². The maximum atomic E-state index is 11.9. The van der Waals surface area contributed by atoms with Gasteiger partial charge in [0, 0.05) is 18.7 Å². The molecule has 0 bridgehead atoms. The molecular formula is C21H22N2O4. The van der Waals surface area contributed by atoms with E-state index in [-0.39, 0.29) is 31.4 Å². The standard InChI is InChI=1S/C21H22N2O4/c1-16(24)23-18-8-6-10-20(15-18)27-12-4-3-11-22-21(25)14-17-7-5-9-19(13-17)26-2/h5-10,13,15H,11-12,14H2,1-2H3,(H,22,25)(H,23,24). The number of hydrogen-bond donors (Lipinski definition) is 2. The number of amides is 2. The van der Waals surface area contributed by atoms with Gasteiger partial charge in [-0.2, -0.15) is 0 Å². The normalized spacial score (nSPS) is 9.56. The number of rotatable bonds is 7. The first-order valence-corrected chi connectivity index (χ1v) is 8.42. The highest BCUT2D eigenvalue weighted by Gasteiger charge is 2.03. The second-order valence-electron chi connectivity index (χ2n) is 5.66. The molecule has 0 radical (unpaired) electrons. The molecule has 0 atom stereocenters. The van der Waals surface area contributed by atoms with Crippen molar-refractivity contribution in [1.29, 1.82) is 0 Å². The minimum absolute atomic E-state index is 0.110. The number of ether oxygens (including phenoxy) is 2. The molecule has 0 saturated heterocycles. The Morgan fingerprint density at radius 3 is 2.59 bits per heavy atom. The van der Waals surface area contributed by atoms with Crippen LogP contribution in [-0.2, 0) is 16.0 Å². The van der Waals surface area contributed by atoms with Crippen LogP contribution in [0.1, 0.15) is 12.5 Å². The van der Waals surface area contributed by atoms with E-state index in [2.05, 4.69) is 22.5 Å². The second kappa shape index (κ2) is 10.5. The van der Waals surface area contributed by atoms with Gasteiger partial charge >= 0.3 is 0 Å². The van der Waals surface area contributed by atoms with Crippen LogP contribution in [0.5, 0.6) is 11.5 Å². The zero-order chi connectivity index (χ0) is 19.5. The molecule has 2 aromatic carbocycles. The maximum absolute atomic E-state index is 11.9. The van der Waals surface area contributed by atoms with Crippen LogP contribution in [0.25, 0.3) is 0 Å². The number of nitrogens with one attached hydrogen (secondary N) is 2. The third-order valence-corrected chi connectivity index (χ3v) is 3.46. The van der Waals surface area contributed by atoms with Gasteiger partial charge in [0.05, 0.1) is 20.1 Å². The highest BCUT2D eigenvalue weighted by Crippen LogP contribution is 2.17. The lowest BCUT2D eigenvalue weighted by molar-refractivity contribution is -0.120. The Morgan fingerprint density at radius 2 is 1.81 bits per heavy atom. The predicted octanol–water partition coefficient (Wildman–Crippen LogP) is 2.39. The van der Waals surface area contributed by atoms with Crippen molar-refractivity contribution in [3.63, 3.8) is 0 Å². The van der Waals surface area contributed by atoms with Gasteiger partial charge in [-0.3, -0.25) is 9.59 Å². The van der Waals surface area contributed by atoms with Crippen LogP contribution in [0.15, 0.2) is 48.5 Å². The number of methoxy groups -OCH3 is 1. The van der Waals surface area contributed by atoms with Crippen molar-refractivity contribution >= 4 is 17.5 Å². The molecule has 0 heterocycles. The first-order chi connectivity index (χ1) is 13.1. The molecule has 2 N–H and O–H groups in total. The van der Waals surface area contributed by atoms with Crippen molar-refractivity contribution in [2.45, 2.75) is 13.3 Å². The van der Waals surface area contributed by atoms with E-state index in [0.29, 0.717) is 11.4 Å². The molecule has 0 aliphatic heterocycles. The van der Waals surface area contributed by atoms with Gasteiger partial charge in [0.25, 0.3) is 0 Å². The van der Waals surface area contributed by atoms with Crippen molar-refractivity contribution in [3.8, 4) is 23.3 Å². The van der Waals surface area contributed by atoms with Gasteiger partial charge in [-0.1, -0.05) is 30.0 Å². The Hall–Kier alpha value is -3.46. The molecule has 0 unspecified atom stereocenters.